The molecule has 1 fully saturated rings. The molecule has 1 aliphatic heterocycles. The van der Waals surface area contributed by atoms with Gasteiger partial charge in [0.15, 0.2) is 5.96 Å². The van der Waals surface area contributed by atoms with E-state index in [1.54, 1.807) is 24.3 Å². The fourth-order valence-corrected chi connectivity index (χ4v) is 2.78. The minimum Gasteiger partial charge on any atom is -0.463 e. The van der Waals surface area contributed by atoms with Crippen LogP contribution in [0.3, 0.4) is 0 Å². The van der Waals surface area contributed by atoms with E-state index < -0.39 is 5.97 Å². The van der Waals surface area contributed by atoms with Gasteiger partial charge in [-0.1, -0.05) is 0 Å². The number of nitrogens with two attached hydrogens (primary N) is 1. The van der Waals surface area contributed by atoms with Crippen molar-refractivity contribution in [2.75, 3.05) is 38.2 Å². The van der Waals surface area contributed by atoms with E-state index in [9.17, 15) is 9.18 Å². The average molecular weight is 488 g/mol. The maximum Gasteiger partial charge on any atom is 0.373 e. The van der Waals surface area contributed by atoms with E-state index in [1.807, 2.05) is 4.90 Å². The summed E-state index contributed by atoms with van der Waals surface area (Å²) in [4.78, 5) is 19.9. The zero-order valence-electron chi connectivity index (χ0n) is 14.9. The minimum atomic E-state index is -0.523. The number of carbonyl (C=O) groups is 1. The Morgan fingerprint density at radius 1 is 1.19 bits per heavy atom. The third-order valence-corrected chi connectivity index (χ3v) is 4.24. The normalized spacial score (nSPS) is 14.7. The monoisotopic (exact) mass is 488 g/mol. The predicted octanol–water partition coefficient (Wildman–Crippen LogP) is 2.46. The van der Waals surface area contributed by atoms with E-state index >= 15 is 0 Å². The molecule has 1 aromatic carbocycles. The van der Waals surface area contributed by atoms with Gasteiger partial charge in [-0.15, -0.1) is 24.0 Å². The summed E-state index contributed by atoms with van der Waals surface area (Å²) in [5, 5.41) is 0. The maximum atomic E-state index is 13.0. The third kappa shape index (κ3) is 5.34. The summed E-state index contributed by atoms with van der Waals surface area (Å²) in [6.45, 7) is 3.24. The molecule has 2 N–H and O–H groups in total. The number of carbonyl (C=O) groups excluding carboxylic acids is 1. The Kier molecular flexibility index (Phi) is 7.45. The maximum absolute atomic E-state index is 13.0. The van der Waals surface area contributed by atoms with Gasteiger partial charge in [-0.05, 0) is 36.4 Å². The molecule has 0 unspecified atom stereocenters. The van der Waals surface area contributed by atoms with Crippen LogP contribution < -0.4 is 10.6 Å². The van der Waals surface area contributed by atoms with E-state index in [1.165, 1.54) is 19.2 Å². The van der Waals surface area contributed by atoms with Crippen LogP contribution in [0.2, 0.25) is 0 Å². The number of rotatable bonds is 4. The van der Waals surface area contributed by atoms with Crippen molar-refractivity contribution in [2.24, 2.45) is 10.7 Å². The van der Waals surface area contributed by atoms with Gasteiger partial charge in [-0.2, -0.15) is 0 Å². The van der Waals surface area contributed by atoms with Crippen molar-refractivity contribution in [3.63, 3.8) is 0 Å². The fourth-order valence-electron chi connectivity index (χ4n) is 2.78. The van der Waals surface area contributed by atoms with Crippen molar-refractivity contribution in [3.8, 4) is 0 Å². The molecule has 0 aliphatic carbocycles. The Hall–Kier alpha value is -2.30. The quantitative estimate of drug-likeness (QED) is 0.308. The molecular weight excluding hydrogens is 466 g/mol. The molecule has 0 radical (unpaired) electrons. The van der Waals surface area contributed by atoms with Crippen molar-refractivity contribution in [2.45, 2.75) is 6.54 Å². The molecule has 1 aliphatic rings. The molecule has 27 heavy (non-hydrogen) atoms. The minimum absolute atomic E-state index is 0. The van der Waals surface area contributed by atoms with Crippen LogP contribution in [0.5, 0.6) is 0 Å². The number of halogens is 2. The number of aliphatic imine (C=N–C) groups is 1. The lowest BCUT2D eigenvalue weighted by Gasteiger charge is -2.36. The Labute approximate surface area is 174 Å². The number of anilines is 1. The van der Waals surface area contributed by atoms with Gasteiger partial charge in [0.05, 0.1) is 7.11 Å². The SMILES string of the molecule is COC(=O)c1ccc(CN=C(N)N2CCN(c3ccc(F)cc3)CC2)o1.I. The van der Waals surface area contributed by atoms with Crippen LogP contribution in [-0.4, -0.2) is 50.1 Å². The first-order chi connectivity index (χ1) is 12.6. The number of esters is 1. The summed E-state index contributed by atoms with van der Waals surface area (Å²) in [5.74, 6) is 0.351. The average Bonchev–Trinajstić information content (AvgIpc) is 3.15. The van der Waals surface area contributed by atoms with Gasteiger partial charge in [0.1, 0.15) is 18.1 Å². The predicted molar refractivity (Wildman–Crippen MR) is 111 cm³/mol. The van der Waals surface area contributed by atoms with Gasteiger partial charge in [-0.3, -0.25) is 0 Å². The fraction of sp³-hybridized carbons (Fsp3) is 0.333. The van der Waals surface area contributed by atoms with Crippen LogP contribution in [-0.2, 0) is 11.3 Å². The molecule has 9 heteroatoms. The smallest absolute Gasteiger partial charge is 0.373 e. The lowest BCUT2D eigenvalue weighted by atomic mass is 10.2. The number of furan rings is 1. The second kappa shape index (κ2) is 9.58. The molecule has 3 rings (SSSR count). The Morgan fingerprint density at radius 2 is 1.85 bits per heavy atom. The summed E-state index contributed by atoms with van der Waals surface area (Å²) in [7, 11) is 1.30. The van der Waals surface area contributed by atoms with E-state index in [0.717, 1.165) is 31.9 Å². The number of benzene rings is 1. The Morgan fingerprint density at radius 3 is 2.48 bits per heavy atom. The first kappa shape index (κ1) is 21.0. The molecule has 2 aromatic rings. The van der Waals surface area contributed by atoms with Gasteiger partial charge in [0.25, 0.3) is 0 Å². The summed E-state index contributed by atoms with van der Waals surface area (Å²) < 4.78 is 23.0. The molecule has 2 heterocycles. The van der Waals surface area contributed by atoms with Crippen LogP contribution in [0.25, 0.3) is 0 Å². The zero-order valence-corrected chi connectivity index (χ0v) is 17.3. The molecule has 0 amide bonds. The number of piperazine rings is 1. The Bertz CT molecular complexity index is 786. The molecule has 146 valence electrons. The van der Waals surface area contributed by atoms with Gasteiger partial charge in [0.2, 0.25) is 5.76 Å². The topological polar surface area (TPSA) is 84.3 Å². The van der Waals surface area contributed by atoms with Crippen molar-refractivity contribution < 1.29 is 18.3 Å². The number of hydrogen-bond donors (Lipinski definition) is 1. The molecule has 7 nitrogen and oxygen atoms in total. The second-order valence-electron chi connectivity index (χ2n) is 5.88. The van der Waals surface area contributed by atoms with Crippen LogP contribution in [0.4, 0.5) is 10.1 Å². The largest absolute Gasteiger partial charge is 0.463 e. The van der Waals surface area contributed by atoms with Crippen LogP contribution in [0.1, 0.15) is 16.3 Å². The number of ether oxygens (including phenoxy) is 1. The summed E-state index contributed by atoms with van der Waals surface area (Å²) in [5.41, 5.74) is 7.06. The highest BCUT2D eigenvalue weighted by Gasteiger charge is 2.19. The van der Waals surface area contributed by atoms with Crippen molar-refractivity contribution in [3.05, 3.63) is 53.7 Å². The van der Waals surface area contributed by atoms with E-state index in [0.29, 0.717) is 11.7 Å². The van der Waals surface area contributed by atoms with Crippen molar-refractivity contribution >= 4 is 41.6 Å². The standard InChI is InChI=1S/C18H21FN4O3.HI/c1-25-17(24)16-7-6-15(26-16)12-21-18(20)23-10-8-22(9-11-23)14-4-2-13(19)3-5-14;/h2-7H,8-12H2,1H3,(H2,20,21);1H. The molecule has 0 atom stereocenters. The van der Waals surface area contributed by atoms with Crippen LogP contribution >= 0.6 is 24.0 Å². The summed E-state index contributed by atoms with van der Waals surface area (Å²) >= 11 is 0. The number of nitrogens with zero attached hydrogens (tertiary/aromatic N) is 3. The highest BCUT2D eigenvalue weighted by molar-refractivity contribution is 14.0. The summed E-state index contributed by atoms with van der Waals surface area (Å²) in [6.07, 6.45) is 0. The molecule has 1 saturated heterocycles. The zero-order chi connectivity index (χ0) is 18.5. The lowest BCUT2D eigenvalue weighted by Crippen LogP contribution is -2.51. The number of guanidine groups is 1. The van der Waals surface area contributed by atoms with Gasteiger partial charge >= 0.3 is 5.97 Å². The first-order valence-corrected chi connectivity index (χ1v) is 8.29. The molecule has 1 aromatic heterocycles. The lowest BCUT2D eigenvalue weighted by molar-refractivity contribution is 0.0563. The Balaban J connectivity index is 0.00000261. The van der Waals surface area contributed by atoms with E-state index in [-0.39, 0.29) is 42.1 Å². The van der Waals surface area contributed by atoms with Gasteiger partial charge in [0, 0.05) is 31.9 Å². The van der Waals surface area contributed by atoms with Crippen LogP contribution in [0.15, 0.2) is 45.8 Å². The van der Waals surface area contributed by atoms with Crippen molar-refractivity contribution in [1.82, 2.24) is 4.90 Å². The van der Waals surface area contributed by atoms with E-state index in [2.05, 4.69) is 14.6 Å². The highest BCUT2D eigenvalue weighted by Crippen LogP contribution is 2.17. The molecular formula is C18H22FIN4O3. The van der Waals surface area contributed by atoms with Crippen LogP contribution in [0, 0.1) is 5.82 Å². The number of methoxy groups -OCH3 is 1. The van der Waals surface area contributed by atoms with Crippen molar-refractivity contribution in [1.29, 1.82) is 0 Å². The third-order valence-electron chi connectivity index (χ3n) is 4.24. The number of hydrogen-bond acceptors (Lipinski definition) is 5. The molecule has 0 bridgehead atoms. The van der Waals surface area contributed by atoms with Gasteiger partial charge in [-0.25, -0.2) is 14.2 Å². The van der Waals surface area contributed by atoms with E-state index in [4.69, 9.17) is 10.2 Å². The summed E-state index contributed by atoms with van der Waals surface area (Å²) in [6, 6.07) is 9.70. The molecule has 0 spiro atoms. The highest BCUT2D eigenvalue weighted by atomic mass is 127. The molecule has 0 saturated carbocycles. The second-order valence-corrected chi connectivity index (χ2v) is 5.88. The van der Waals surface area contributed by atoms with Gasteiger partial charge < -0.3 is 24.7 Å². The first-order valence-electron chi connectivity index (χ1n) is 8.29.